The number of hydrogen-bond donors (Lipinski definition) is 1. The van der Waals surface area contributed by atoms with Crippen molar-refractivity contribution in [1.82, 2.24) is 5.32 Å². The van der Waals surface area contributed by atoms with Gasteiger partial charge in [-0.25, -0.2) is 4.39 Å². The lowest BCUT2D eigenvalue weighted by molar-refractivity contribution is -0.128. The van der Waals surface area contributed by atoms with Crippen molar-refractivity contribution in [3.8, 4) is 17.2 Å². The predicted molar refractivity (Wildman–Crippen MR) is 92.5 cm³/mol. The Labute approximate surface area is 146 Å². The van der Waals surface area contributed by atoms with Crippen LogP contribution in [0.2, 0.25) is 0 Å². The largest absolute Gasteiger partial charge is 0.493 e. The van der Waals surface area contributed by atoms with Crippen molar-refractivity contribution in [3.63, 3.8) is 0 Å². The molecule has 1 atom stereocenters. The quantitative estimate of drug-likeness (QED) is 0.796. The third-order valence-corrected chi connectivity index (χ3v) is 3.67. The maximum absolute atomic E-state index is 12.9. The second-order valence-electron chi connectivity index (χ2n) is 5.38. The topological polar surface area (TPSA) is 56.8 Å². The normalized spacial score (nSPS) is 11.5. The Kier molecular flexibility index (Phi) is 6.62. The number of hydrogen-bond acceptors (Lipinski definition) is 4. The van der Waals surface area contributed by atoms with E-state index in [-0.39, 0.29) is 11.7 Å². The van der Waals surface area contributed by atoms with Gasteiger partial charge in [0.05, 0.1) is 14.2 Å². The molecule has 25 heavy (non-hydrogen) atoms. The lowest BCUT2D eigenvalue weighted by Crippen LogP contribution is -2.37. The fourth-order valence-corrected chi connectivity index (χ4v) is 2.29. The molecule has 1 unspecified atom stereocenters. The van der Waals surface area contributed by atoms with Crippen LogP contribution in [-0.4, -0.2) is 26.2 Å². The molecule has 0 aliphatic carbocycles. The first-order valence-corrected chi connectivity index (χ1v) is 7.98. The molecule has 0 saturated heterocycles. The number of carbonyl (C=O) groups excluding carboxylic acids is 1. The van der Waals surface area contributed by atoms with E-state index in [1.165, 1.54) is 24.3 Å². The standard InChI is InChI=1S/C19H22FNO4/c1-4-16(25-15-8-6-14(20)7-9-15)19(22)21-12-13-5-10-17(23-2)18(11-13)24-3/h5-11,16H,4,12H2,1-3H3,(H,21,22). The van der Waals surface area contributed by atoms with Crippen molar-refractivity contribution in [3.05, 3.63) is 53.8 Å². The number of amides is 1. The van der Waals surface area contributed by atoms with Crippen LogP contribution in [0.5, 0.6) is 17.2 Å². The molecule has 0 radical (unpaired) electrons. The van der Waals surface area contributed by atoms with E-state index in [2.05, 4.69) is 5.32 Å². The molecule has 1 amide bonds. The van der Waals surface area contributed by atoms with Gasteiger partial charge >= 0.3 is 0 Å². The van der Waals surface area contributed by atoms with Crippen molar-refractivity contribution in [2.45, 2.75) is 26.0 Å². The summed E-state index contributed by atoms with van der Waals surface area (Å²) in [4.78, 5) is 12.3. The summed E-state index contributed by atoms with van der Waals surface area (Å²) in [6, 6.07) is 11.0. The van der Waals surface area contributed by atoms with Gasteiger partial charge < -0.3 is 19.5 Å². The van der Waals surface area contributed by atoms with E-state index in [4.69, 9.17) is 14.2 Å². The van der Waals surface area contributed by atoms with E-state index in [9.17, 15) is 9.18 Å². The van der Waals surface area contributed by atoms with Gasteiger partial charge in [0, 0.05) is 6.54 Å². The third-order valence-electron chi connectivity index (χ3n) is 3.67. The summed E-state index contributed by atoms with van der Waals surface area (Å²) in [5, 5.41) is 2.84. The minimum Gasteiger partial charge on any atom is -0.493 e. The van der Waals surface area contributed by atoms with Crippen molar-refractivity contribution >= 4 is 5.91 Å². The summed E-state index contributed by atoms with van der Waals surface area (Å²) in [7, 11) is 3.13. The van der Waals surface area contributed by atoms with Crippen LogP contribution < -0.4 is 19.5 Å². The highest BCUT2D eigenvalue weighted by Gasteiger charge is 2.18. The zero-order valence-electron chi connectivity index (χ0n) is 14.5. The van der Waals surface area contributed by atoms with Crippen molar-refractivity contribution in [2.75, 3.05) is 14.2 Å². The van der Waals surface area contributed by atoms with E-state index in [1.807, 2.05) is 13.0 Å². The number of halogens is 1. The molecule has 0 fully saturated rings. The highest BCUT2D eigenvalue weighted by molar-refractivity contribution is 5.81. The van der Waals surface area contributed by atoms with Crippen molar-refractivity contribution in [1.29, 1.82) is 0 Å². The number of rotatable bonds is 8. The molecular formula is C19H22FNO4. The van der Waals surface area contributed by atoms with E-state index in [0.717, 1.165) is 5.56 Å². The Balaban J connectivity index is 1.96. The molecule has 0 spiro atoms. The molecular weight excluding hydrogens is 325 g/mol. The summed E-state index contributed by atoms with van der Waals surface area (Å²) in [5.41, 5.74) is 0.877. The zero-order chi connectivity index (χ0) is 18.2. The molecule has 2 aromatic carbocycles. The van der Waals surface area contributed by atoms with E-state index in [0.29, 0.717) is 30.2 Å². The minimum absolute atomic E-state index is 0.235. The van der Waals surface area contributed by atoms with Gasteiger partial charge in [-0.3, -0.25) is 4.79 Å². The van der Waals surface area contributed by atoms with Crippen LogP contribution in [0.4, 0.5) is 4.39 Å². The maximum atomic E-state index is 12.9. The molecule has 0 heterocycles. The SMILES string of the molecule is CCC(Oc1ccc(F)cc1)C(=O)NCc1ccc(OC)c(OC)c1. The van der Waals surface area contributed by atoms with E-state index >= 15 is 0 Å². The van der Waals surface area contributed by atoms with Crippen LogP contribution in [-0.2, 0) is 11.3 Å². The second-order valence-corrected chi connectivity index (χ2v) is 5.38. The Morgan fingerprint density at radius 1 is 1.08 bits per heavy atom. The smallest absolute Gasteiger partial charge is 0.261 e. The molecule has 5 nitrogen and oxygen atoms in total. The summed E-state index contributed by atoms with van der Waals surface area (Å²) < 4.78 is 29.0. The fraction of sp³-hybridized carbons (Fsp3) is 0.316. The Hall–Kier alpha value is -2.76. The highest BCUT2D eigenvalue weighted by Crippen LogP contribution is 2.27. The summed E-state index contributed by atoms with van der Waals surface area (Å²) >= 11 is 0. The molecule has 0 saturated carbocycles. The van der Waals surface area contributed by atoms with Crippen LogP contribution in [0, 0.1) is 5.82 Å². The van der Waals surface area contributed by atoms with Crippen LogP contribution >= 0.6 is 0 Å². The number of methoxy groups -OCH3 is 2. The van der Waals surface area contributed by atoms with Crippen LogP contribution in [0.25, 0.3) is 0 Å². The van der Waals surface area contributed by atoms with Gasteiger partial charge in [-0.1, -0.05) is 13.0 Å². The Morgan fingerprint density at radius 3 is 2.36 bits per heavy atom. The average Bonchev–Trinajstić information content (AvgIpc) is 2.65. The monoisotopic (exact) mass is 347 g/mol. The first kappa shape index (κ1) is 18.6. The molecule has 2 rings (SSSR count). The fourth-order valence-electron chi connectivity index (χ4n) is 2.29. The summed E-state index contributed by atoms with van der Waals surface area (Å²) in [6.07, 6.45) is -0.152. The molecule has 0 aliphatic heterocycles. The van der Waals surface area contributed by atoms with Gasteiger partial charge in [-0.05, 0) is 48.4 Å². The first-order chi connectivity index (χ1) is 12.1. The van der Waals surface area contributed by atoms with E-state index in [1.54, 1.807) is 26.4 Å². The molecule has 134 valence electrons. The van der Waals surface area contributed by atoms with Gasteiger partial charge in [-0.15, -0.1) is 0 Å². The molecule has 0 aromatic heterocycles. The Morgan fingerprint density at radius 2 is 1.76 bits per heavy atom. The predicted octanol–water partition coefficient (Wildman–Crippen LogP) is 3.32. The number of ether oxygens (including phenoxy) is 3. The molecule has 0 bridgehead atoms. The Bertz CT molecular complexity index is 703. The van der Waals surface area contributed by atoms with Crippen LogP contribution in [0.1, 0.15) is 18.9 Å². The second kappa shape index (κ2) is 8.92. The van der Waals surface area contributed by atoms with Crippen LogP contribution in [0.15, 0.2) is 42.5 Å². The molecule has 2 aromatic rings. The number of nitrogens with one attached hydrogen (secondary N) is 1. The lowest BCUT2D eigenvalue weighted by atomic mass is 10.2. The van der Waals surface area contributed by atoms with Crippen molar-refractivity contribution < 1.29 is 23.4 Å². The van der Waals surface area contributed by atoms with Crippen molar-refractivity contribution in [2.24, 2.45) is 0 Å². The minimum atomic E-state index is -0.648. The molecule has 0 aliphatic rings. The van der Waals surface area contributed by atoms with Gasteiger partial charge in [0.2, 0.25) is 0 Å². The van der Waals surface area contributed by atoms with Gasteiger partial charge in [0.15, 0.2) is 17.6 Å². The van der Waals surface area contributed by atoms with Gasteiger partial charge in [0.1, 0.15) is 11.6 Å². The summed E-state index contributed by atoms with van der Waals surface area (Å²) in [6.45, 7) is 2.19. The van der Waals surface area contributed by atoms with Gasteiger partial charge in [-0.2, -0.15) is 0 Å². The third kappa shape index (κ3) is 5.11. The molecule has 6 heteroatoms. The van der Waals surface area contributed by atoms with Crippen LogP contribution in [0.3, 0.4) is 0 Å². The number of benzene rings is 2. The maximum Gasteiger partial charge on any atom is 0.261 e. The van der Waals surface area contributed by atoms with E-state index < -0.39 is 6.10 Å². The summed E-state index contributed by atoms with van der Waals surface area (Å²) in [5.74, 6) is 1.10. The average molecular weight is 347 g/mol. The highest BCUT2D eigenvalue weighted by atomic mass is 19.1. The lowest BCUT2D eigenvalue weighted by Gasteiger charge is -2.17. The van der Waals surface area contributed by atoms with Gasteiger partial charge in [0.25, 0.3) is 5.91 Å². The first-order valence-electron chi connectivity index (χ1n) is 7.98. The number of carbonyl (C=O) groups is 1. The zero-order valence-corrected chi connectivity index (χ0v) is 14.5. The molecule has 1 N–H and O–H groups in total.